The van der Waals surface area contributed by atoms with E-state index in [2.05, 4.69) is 121 Å². The summed E-state index contributed by atoms with van der Waals surface area (Å²) in [4.78, 5) is 0. The lowest BCUT2D eigenvalue weighted by Crippen LogP contribution is -2.09. The van der Waals surface area contributed by atoms with Gasteiger partial charge >= 0.3 is 0 Å². The monoisotopic (exact) mass is 592 g/mol. The van der Waals surface area contributed by atoms with Crippen molar-refractivity contribution in [1.82, 2.24) is 30.0 Å². The summed E-state index contributed by atoms with van der Waals surface area (Å²) in [5, 5.41) is 17.6. The van der Waals surface area contributed by atoms with E-state index in [1.54, 1.807) is 0 Å². The molecule has 5 rings (SSSR count). The van der Waals surface area contributed by atoms with Crippen LogP contribution in [0, 0.1) is 11.8 Å². The van der Waals surface area contributed by atoms with E-state index in [1.807, 2.05) is 33.9 Å². The molecule has 3 aromatic carbocycles. The van der Waals surface area contributed by atoms with Crippen LogP contribution in [0.15, 0.2) is 97.3 Å². The van der Waals surface area contributed by atoms with Gasteiger partial charge in [0.05, 0.1) is 50.9 Å². The van der Waals surface area contributed by atoms with Gasteiger partial charge in [0.2, 0.25) is 0 Å². The van der Waals surface area contributed by atoms with E-state index in [1.165, 1.54) is 11.1 Å². The van der Waals surface area contributed by atoms with Gasteiger partial charge in [-0.3, -0.25) is 0 Å². The van der Waals surface area contributed by atoms with Crippen LogP contribution in [0.4, 0.5) is 0 Å². The van der Waals surface area contributed by atoms with Gasteiger partial charge in [-0.05, 0) is 34.1 Å². The van der Waals surface area contributed by atoms with E-state index in [-0.39, 0.29) is 11.8 Å². The van der Waals surface area contributed by atoms with E-state index < -0.39 is 0 Å². The quantitative estimate of drug-likeness (QED) is 0.116. The van der Waals surface area contributed by atoms with Crippen LogP contribution in [0.3, 0.4) is 0 Å². The largest absolute Gasteiger partial charge is 0.375 e. The van der Waals surface area contributed by atoms with Crippen LogP contribution in [0.5, 0.6) is 0 Å². The zero-order valence-electron chi connectivity index (χ0n) is 26.3. The smallest absolute Gasteiger partial charge is 0.0904 e. The molecule has 0 aliphatic heterocycles. The summed E-state index contributed by atoms with van der Waals surface area (Å²) in [5.74, 6) is 1.31. The Hall–Kier alpha value is -4.14. The predicted octanol–water partition coefficient (Wildman–Crippen LogP) is 6.88. The molecule has 0 fully saturated rings. The van der Waals surface area contributed by atoms with Crippen molar-refractivity contribution >= 4 is 0 Å². The molecule has 230 valence electrons. The Balaban J connectivity index is 1.01. The first-order chi connectivity index (χ1) is 21.5. The number of hydrogen-bond acceptors (Lipinski definition) is 6. The fourth-order valence-corrected chi connectivity index (χ4v) is 5.67. The highest BCUT2D eigenvalue weighted by molar-refractivity contribution is 5.29. The van der Waals surface area contributed by atoms with Crippen LogP contribution in [0.2, 0.25) is 0 Å². The second-order valence-corrected chi connectivity index (χ2v) is 12.0. The third-order valence-corrected chi connectivity index (χ3v) is 7.89. The molecule has 0 spiro atoms. The summed E-state index contributed by atoms with van der Waals surface area (Å²) in [6, 6.07) is 29.4. The molecule has 5 aromatic rings. The van der Waals surface area contributed by atoms with Gasteiger partial charge in [-0.2, -0.15) is 0 Å². The lowest BCUT2D eigenvalue weighted by Gasteiger charge is -2.18. The highest BCUT2D eigenvalue weighted by atomic mass is 16.5. The van der Waals surface area contributed by atoms with Crippen molar-refractivity contribution in [1.29, 1.82) is 0 Å². The molecular weight excluding hydrogens is 548 g/mol. The number of ether oxygens (including phenoxy) is 2. The number of benzene rings is 3. The third kappa shape index (κ3) is 8.49. The summed E-state index contributed by atoms with van der Waals surface area (Å²) in [6.45, 7) is 12.5. The highest BCUT2D eigenvalue weighted by Gasteiger charge is 2.22. The molecule has 2 atom stereocenters. The first-order valence-corrected chi connectivity index (χ1v) is 15.6. The molecule has 0 N–H and O–H groups in total. The van der Waals surface area contributed by atoms with Gasteiger partial charge in [-0.1, -0.05) is 123 Å². The molecule has 0 aliphatic rings. The molecule has 0 radical (unpaired) electrons. The maximum atomic E-state index is 5.94. The van der Waals surface area contributed by atoms with Gasteiger partial charge in [0.25, 0.3) is 0 Å². The minimum absolute atomic E-state index is 0.228. The summed E-state index contributed by atoms with van der Waals surface area (Å²) in [6.07, 6.45) is 4.09. The van der Waals surface area contributed by atoms with Crippen molar-refractivity contribution in [2.24, 2.45) is 11.8 Å². The van der Waals surface area contributed by atoms with Crippen molar-refractivity contribution in [2.45, 2.75) is 65.8 Å². The Morgan fingerprint density at radius 1 is 0.545 bits per heavy atom. The molecule has 0 bridgehead atoms. The van der Waals surface area contributed by atoms with E-state index in [0.717, 1.165) is 22.5 Å². The van der Waals surface area contributed by atoms with Crippen LogP contribution in [-0.4, -0.2) is 43.2 Å². The molecule has 0 unspecified atom stereocenters. The van der Waals surface area contributed by atoms with Crippen LogP contribution >= 0.6 is 0 Å². The van der Waals surface area contributed by atoms with Crippen molar-refractivity contribution in [3.63, 3.8) is 0 Å². The fraction of sp³-hybridized carbons (Fsp3) is 0.389. The van der Waals surface area contributed by atoms with Crippen molar-refractivity contribution in [2.75, 3.05) is 13.2 Å². The Morgan fingerprint density at radius 3 is 1.30 bits per heavy atom. The van der Waals surface area contributed by atoms with Crippen molar-refractivity contribution in [3.8, 4) is 0 Å². The molecule has 0 saturated carbocycles. The van der Waals surface area contributed by atoms with E-state index in [9.17, 15) is 0 Å². The normalized spacial score (nSPS) is 13.0. The Kier molecular flexibility index (Phi) is 11.1. The Morgan fingerprint density at radius 2 is 0.932 bits per heavy atom. The zero-order chi connectivity index (χ0) is 30.7. The molecule has 8 nitrogen and oxygen atoms in total. The lowest BCUT2D eigenvalue weighted by atomic mass is 9.86. The molecule has 0 saturated heterocycles. The van der Waals surface area contributed by atoms with Gasteiger partial charge in [-0.25, -0.2) is 9.36 Å². The second kappa shape index (κ2) is 15.5. The third-order valence-electron chi connectivity index (χ3n) is 7.89. The van der Waals surface area contributed by atoms with E-state index >= 15 is 0 Å². The summed E-state index contributed by atoms with van der Waals surface area (Å²) in [7, 11) is 0. The van der Waals surface area contributed by atoms with E-state index in [0.29, 0.717) is 51.4 Å². The van der Waals surface area contributed by atoms with Crippen molar-refractivity contribution < 1.29 is 9.47 Å². The SMILES string of the molecule is CC(C)[C@H](c1ccccc1)c1cn(CCOCc2ccc(COCCn3cc([C@H](c4ccccc4)C(C)C)nn3)cc2)nn1. The minimum Gasteiger partial charge on any atom is -0.375 e. The first-order valence-electron chi connectivity index (χ1n) is 15.6. The second-order valence-electron chi connectivity index (χ2n) is 12.0. The van der Waals surface area contributed by atoms with Gasteiger partial charge < -0.3 is 9.47 Å². The average molecular weight is 593 g/mol. The standard InChI is InChI=1S/C36H44N6O2/c1-27(2)35(31-11-7-5-8-12-31)33-23-41(39-37-33)19-21-43-25-29-15-17-30(18-16-29)26-44-22-20-42-24-34(38-40-42)36(28(3)4)32-13-9-6-10-14-32/h5-18,23-24,27-28,35-36H,19-22,25-26H2,1-4H3/t35-,36+. The van der Waals surface area contributed by atoms with Gasteiger partial charge in [0, 0.05) is 24.2 Å². The Labute approximate surface area is 261 Å². The van der Waals surface area contributed by atoms with E-state index in [4.69, 9.17) is 9.47 Å². The minimum atomic E-state index is 0.228. The molecule has 44 heavy (non-hydrogen) atoms. The maximum absolute atomic E-state index is 5.94. The number of aromatic nitrogens is 6. The number of nitrogens with zero attached hydrogens (tertiary/aromatic N) is 6. The van der Waals surface area contributed by atoms with Crippen LogP contribution < -0.4 is 0 Å². The van der Waals surface area contributed by atoms with Crippen LogP contribution in [0.1, 0.15) is 73.2 Å². The van der Waals surface area contributed by atoms with Gasteiger partial charge in [0.15, 0.2) is 0 Å². The topological polar surface area (TPSA) is 79.9 Å². The molecule has 2 aromatic heterocycles. The zero-order valence-corrected chi connectivity index (χ0v) is 26.3. The molecule has 2 heterocycles. The highest BCUT2D eigenvalue weighted by Crippen LogP contribution is 2.31. The fourth-order valence-electron chi connectivity index (χ4n) is 5.67. The summed E-state index contributed by atoms with van der Waals surface area (Å²) < 4.78 is 15.6. The van der Waals surface area contributed by atoms with Crippen LogP contribution in [-0.2, 0) is 35.8 Å². The number of rotatable bonds is 16. The van der Waals surface area contributed by atoms with Gasteiger partial charge in [0.1, 0.15) is 0 Å². The molecule has 8 heteroatoms. The van der Waals surface area contributed by atoms with Crippen LogP contribution in [0.25, 0.3) is 0 Å². The predicted molar refractivity (Wildman–Crippen MR) is 172 cm³/mol. The maximum Gasteiger partial charge on any atom is 0.0904 e. The Bertz CT molecular complexity index is 1410. The summed E-state index contributed by atoms with van der Waals surface area (Å²) in [5.41, 5.74) is 6.79. The molecule has 0 amide bonds. The molecular formula is C36H44N6O2. The van der Waals surface area contributed by atoms with Crippen molar-refractivity contribution in [3.05, 3.63) is 131 Å². The molecule has 0 aliphatic carbocycles. The van der Waals surface area contributed by atoms with Gasteiger partial charge in [-0.15, -0.1) is 10.2 Å². The first kappa shape index (κ1) is 31.3. The number of hydrogen-bond donors (Lipinski definition) is 0. The average Bonchev–Trinajstić information content (AvgIpc) is 3.69. The lowest BCUT2D eigenvalue weighted by molar-refractivity contribution is 0.108. The summed E-state index contributed by atoms with van der Waals surface area (Å²) >= 11 is 0.